The van der Waals surface area contributed by atoms with E-state index in [0.717, 1.165) is 54.5 Å². The molecule has 4 fully saturated rings. The quantitative estimate of drug-likeness (QED) is 0.696. The van der Waals surface area contributed by atoms with Gasteiger partial charge in [0.1, 0.15) is 12.1 Å². The summed E-state index contributed by atoms with van der Waals surface area (Å²) in [5.41, 5.74) is 1.30. The van der Waals surface area contributed by atoms with Gasteiger partial charge >= 0.3 is 0 Å². The smallest absolute Gasteiger partial charge is 0.157 e. The predicted molar refractivity (Wildman–Crippen MR) is 130 cm³/mol. The summed E-state index contributed by atoms with van der Waals surface area (Å²) in [6.07, 6.45) is 13.6. The summed E-state index contributed by atoms with van der Waals surface area (Å²) in [5.74, 6) is 4.08. The second kappa shape index (κ2) is 8.41. The van der Waals surface area contributed by atoms with Crippen molar-refractivity contribution in [3.63, 3.8) is 0 Å². The minimum absolute atomic E-state index is 0.123. The lowest BCUT2D eigenvalue weighted by molar-refractivity contribution is -0.136. The SMILES string of the molecule is COC[C@@]1(O)CC[C@H]2[C@H](CC[C@@H]3[C@@H]2CC[C@]2(C)[C@@H](C(=O)Cn4ncc5ncccc54)CC[C@@H]32)C1. The van der Waals surface area contributed by atoms with Crippen LogP contribution in [0.4, 0.5) is 0 Å². The molecule has 4 aliphatic carbocycles. The van der Waals surface area contributed by atoms with Gasteiger partial charge in [0.2, 0.25) is 0 Å². The molecule has 0 aromatic carbocycles. The zero-order valence-corrected chi connectivity index (χ0v) is 20.7. The minimum atomic E-state index is -0.622. The first-order valence-corrected chi connectivity index (χ1v) is 13.4. The number of ketones is 1. The maximum atomic E-state index is 13.6. The van der Waals surface area contributed by atoms with Crippen molar-refractivity contribution in [2.75, 3.05) is 13.7 Å². The van der Waals surface area contributed by atoms with Gasteiger partial charge in [0, 0.05) is 19.2 Å². The van der Waals surface area contributed by atoms with Gasteiger partial charge in [-0.05, 0) is 105 Å². The second-order valence-electron chi connectivity index (χ2n) is 12.2. The Morgan fingerprint density at radius 1 is 1.15 bits per heavy atom. The maximum Gasteiger partial charge on any atom is 0.157 e. The van der Waals surface area contributed by atoms with Crippen LogP contribution in [0.2, 0.25) is 0 Å². The molecule has 0 spiro atoms. The average molecular weight is 466 g/mol. The van der Waals surface area contributed by atoms with Crippen molar-refractivity contribution >= 4 is 16.8 Å². The highest BCUT2D eigenvalue weighted by Crippen LogP contribution is 2.64. The molecule has 0 radical (unpaired) electrons. The van der Waals surface area contributed by atoms with E-state index in [1.54, 1.807) is 19.5 Å². The van der Waals surface area contributed by atoms with Crippen LogP contribution in [-0.2, 0) is 16.1 Å². The molecule has 2 heterocycles. The normalized spacial score (nSPS) is 41.6. The molecule has 0 saturated heterocycles. The van der Waals surface area contributed by atoms with Gasteiger partial charge in [-0.15, -0.1) is 0 Å². The van der Waals surface area contributed by atoms with E-state index in [-0.39, 0.29) is 11.3 Å². The van der Waals surface area contributed by atoms with Crippen LogP contribution >= 0.6 is 0 Å². The summed E-state index contributed by atoms with van der Waals surface area (Å²) in [6.45, 7) is 3.26. The fourth-order valence-corrected chi connectivity index (χ4v) is 9.19. The summed E-state index contributed by atoms with van der Waals surface area (Å²) < 4.78 is 7.19. The highest BCUT2D eigenvalue weighted by Gasteiger charge is 2.59. The molecule has 6 heteroatoms. The molecule has 0 bridgehead atoms. The molecule has 4 aliphatic rings. The van der Waals surface area contributed by atoms with E-state index in [1.807, 2.05) is 16.8 Å². The molecule has 2 aromatic heterocycles. The Morgan fingerprint density at radius 2 is 2.00 bits per heavy atom. The van der Waals surface area contributed by atoms with Crippen LogP contribution in [0, 0.1) is 40.9 Å². The second-order valence-corrected chi connectivity index (χ2v) is 12.2. The molecule has 6 nitrogen and oxygen atoms in total. The zero-order valence-electron chi connectivity index (χ0n) is 20.7. The summed E-state index contributed by atoms with van der Waals surface area (Å²) in [7, 11) is 1.70. The molecule has 8 atom stereocenters. The Labute approximate surface area is 202 Å². The number of hydrogen-bond donors (Lipinski definition) is 1. The van der Waals surface area contributed by atoms with E-state index in [1.165, 1.54) is 32.1 Å². The Balaban J connectivity index is 1.17. The number of nitrogens with zero attached hydrogens (tertiary/aromatic N) is 3. The van der Waals surface area contributed by atoms with Crippen LogP contribution < -0.4 is 0 Å². The first-order chi connectivity index (χ1) is 16.4. The van der Waals surface area contributed by atoms with Crippen LogP contribution in [0.25, 0.3) is 11.0 Å². The lowest BCUT2D eigenvalue weighted by Gasteiger charge is -2.57. The number of aliphatic hydroxyl groups is 1. The third kappa shape index (κ3) is 3.55. The third-order valence-corrected chi connectivity index (χ3v) is 10.6. The lowest BCUT2D eigenvalue weighted by Crippen LogP contribution is -2.52. The number of carbonyl (C=O) groups is 1. The van der Waals surface area contributed by atoms with E-state index in [0.29, 0.717) is 30.8 Å². The molecule has 0 aliphatic heterocycles. The van der Waals surface area contributed by atoms with E-state index < -0.39 is 5.60 Å². The molecule has 4 saturated carbocycles. The lowest BCUT2D eigenvalue weighted by atomic mass is 9.49. The van der Waals surface area contributed by atoms with Crippen LogP contribution in [0.5, 0.6) is 0 Å². The van der Waals surface area contributed by atoms with Gasteiger partial charge in [-0.1, -0.05) is 6.92 Å². The Morgan fingerprint density at radius 3 is 2.85 bits per heavy atom. The summed E-state index contributed by atoms with van der Waals surface area (Å²) in [5, 5.41) is 15.5. The van der Waals surface area contributed by atoms with Gasteiger partial charge in [-0.2, -0.15) is 5.10 Å². The molecule has 6 rings (SSSR count). The minimum Gasteiger partial charge on any atom is -0.387 e. The largest absolute Gasteiger partial charge is 0.387 e. The van der Waals surface area contributed by atoms with Crippen molar-refractivity contribution in [2.45, 2.75) is 76.9 Å². The van der Waals surface area contributed by atoms with Gasteiger partial charge in [0.15, 0.2) is 5.78 Å². The molecule has 0 amide bonds. The Hall–Kier alpha value is -1.79. The van der Waals surface area contributed by atoms with Crippen LogP contribution in [0.3, 0.4) is 0 Å². The molecular weight excluding hydrogens is 426 g/mol. The number of aromatic nitrogens is 3. The van der Waals surface area contributed by atoms with Crippen molar-refractivity contribution in [2.24, 2.45) is 40.9 Å². The van der Waals surface area contributed by atoms with E-state index in [2.05, 4.69) is 17.0 Å². The van der Waals surface area contributed by atoms with Gasteiger partial charge < -0.3 is 9.84 Å². The number of methoxy groups -OCH3 is 1. The topological polar surface area (TPSA) is 77.2 Å². The number of carbonyl (C=O) groups excluding carboxylic acids is 1. The molecular formula is C28H39N3O3. The van der Waals surface area contributed by atoms with Crippen molar-refractivity contribution < 1.29 is 14.6 Å². The zero-order chi connectivity index (χ0) is 23.5. The number of ether oxygens (including phenoxy) is 1. The van der Waals surface area contributed by atoms with Gasteiger partial charge in [-0.3, -0.25) is 14.5 Å². The Bertz CT molecular complexity index is 1070. The van der Waals surface area contributed by atoms with Crippen molar-refractivity contribution in [1.29, 1.82) is 0 Å². The van der Waals surface area contributed by atoms with E-state index in [4.69, 9.17) is 4.74 Å². The van der Waals surface area contributed by atoms with Gasteiger partial charge in [0.05, 0.1) is 23.9 Å². The maximum absolute atomic E-state index is 13.6. The van der Waals surface area contributed by atoms with Gasteiger partial charge in [-0.25, -0.2) is 0 Å². The fourth-order valence-electron chi connectivity index (χ4n) is 9.19. The summed E-state index contributed by atoms with van der Waals surface area (Å²) >= 11 is 0. The van der Waals surface area contributed by atoms with Crippen LogP contribution in [0.1, 0.15) is 64.7 Å². The van der Waals surface area contributed by atoms with Crippen molar-refractivity contribution in [3.8, 4) is 0 Å². The average Bonchev–Trinajstić information content (AvgIpc) is 3.39. The molecule has 2 aromatic rings. The highest BCUT2D eigenvalue weighted by atomic mass is 16.5. The van der Waals surface area contributed by atoms with Crippen LogP contribution in [-0.4, -0.2) is 45.0 Å². The number of hydrogen-bond acceptors (Lipinski definition) is 5. The number of rotatable bonds is 5. The summed E-state index contributed by atoms with van der Waals surface area (Å²) in [4.78, 5) is 18.0. The fraction of sp³-hybridized carbons (Fsp3) is 0.750. The van der Waals surface area contributed by atoms with E-state index in [9.17, 15) is 9.90 Å². The predicted octanol–water partition coefficient (Wildman–Crippen LogP) is 4.65. The summed E-state index contributed by atoms with van der Waals surface area (Å²) in [6, 6.07) is 3.92. The molecule has 34 heavy (non-hydrogen) atoms. The monoisotopic (exact) mass is 465 g/mol. The van der Waals surface area contributed by atoms with Gasteiger partial charge in [0.25, 0.3) is 0 Å². The number of Topliss-reactive ketones (excluding diaryl/α,β-unsaturated/α-hetero) is 1. The molecule has 1 N–H and O–H groups in total. The highest BCUT2D eigenvalue weighted by molar-refractivity contribution is 5.84. The Kier molecular flexibility index (Phi) is 5.60. The van der Waals surface area contributed by atoms with E-state index >= 15 is 0 Å². The standard InChI is InChI=1S/C28H39N3O3/c1-27-11-9-20-19-10-12-28(33,17-34-2)14-18(19)5-6-21(20)22(27)7-8-23(27)26(32)16-31-25-4-3-13-29-24(25)15-30-31/h3-4,13,15,18-23,33H,5-12,14,16-17H2,1-2H3/t18-,19+,20-,21-,22+,23-,27+,28-/m1/s1. The van der Waals surface area contributed by atoms with Crippen molar-refractivity contribution in [1.82, 2.24) is 14.8 Å². The third-order valence-electron chi connectivity index (χ3n) is 10.6. The first-order valence-electron chi connectivity index (χ1n) is 13.4. The number of pyridine rings is 1. The molecule has 184 valence electrons. The van der Waals surface area contributed by atoms with Crippen molar-refractivity contribution in [3.05, 3.63) is 24.5 Å². The number of fused-ring (bicyclic) bond motifs is 6. The molecule has 0 unspecified atom stereocenters. The van der Waals surface area contributed by atoms with Crippen LogP contribution in [0.15, 0.2) is 24.5 Å². The first kappa shape index (κ1) is 22.7.